The third-order valence-electron chi connectivity index (χ3n) is 16.9. The molecule has 0 fully saturated rings. The summed E-state index contributed by atoms with van der Waals surface area (Å²) < 4.78 is 68.4. The molecule has 0 spiro atoms. The van der Waals surface area contributed by atoms with Gasteiger partial charge in [-0.2, -0.15) is 0 Å². The number of aliphatic hydroxyl groups is 1. The molecule has 17 nitrogen and oxygen atoms in total. The van der Waals surface area contributed by atoms with Crippen molar-refractivity contribution in [2.75, 3.05) is 39.6 Å². The van der Waals surface area contributed by atoms with E-state index in [1.165, 1.54) is 212 Å². The number of unbranched alkanes of at least 4 members (excludes halogenated alkanes) is 47. The molecule has 19 heteroatoms. The van der Waals surface area contributed by atoms with E-state index in [1.807, 2.05) is 0 Å². The van der Waals surface area contributed by atoms with Crippen molar-refractivity contribution in [2.45, 2.75) is 399 Å². The average Bonchev–Trinajstić information content (AvgIpc) is 3.74. The third kappa shape index (κ3) is 66.5. The summed E-state index contributed by atoms with van der Waals surface area (Å²) in [5.74, 6) is -2.11. The molecule has 0 aromatic carbocycles. The molecule has 0 aliphatic rings. The molecule has 91 heavy (non-hydrogen) atoms. The summed E-state index contributed by atoms with van der Waals surface area (Å²) in [5.41, 5.74) is 0. The van der Waals surface area contributed by atoms with Crippen LogP contribution in [0.25, 0.3) is 0 Å². The minimum absolute atomic E-state index is 0.108. The lowest BCUT2D eigenvalue weighted by molar-refractivity contribution is -0.161. The maximum absolute atomic E-state index is 13.0. The van der Waals surface area contributed by atoms with Crippen LogP contribution in [0.3, 0.4) is 0 Å². The summed E-state index contributed by atoms with van der Waals surface area (Å²) in [5, 5.41) is 10.6. The highest BCUT2D eigenvalue weighted by molar-refractivity contribution is 7.47. The van der Waals surface area contributed by atoms with Crippen LogP contribution >= 0.6 is 15.6 Å². The van der Waals surface area contributed by atoms with Crippen LogP contribution < -0.4 is 0 Å². The van der Waals surface area contributed by atoms with Crippen LogP contribution in [0.4, 0.5) is 0 Å². The Bertz CT molecular complexity index is 1740. The van der Waals surface area contributed by atoms with Gasteiger partial charge in [-0.15, -0.1) is 0 Å². The van der Waals surface area contributed by atoms with E-state index in [0.717, 1.165) is 89.9 Å². The second kappa shape index (κ2) is 66.7. The first-order chi connectivity index (χ1) is 44.2. The molecule has 3 N–H and O–H groups in total. The lowest BCUT2D eigenvalue weighted by Crippen LogP contribution is -2.30. The van der Waals surface area contributed by atoms with E-state index in [2.05, 4.69) is 27.7 Å². The first kappa shape index (κ1) is 89.1. The number of aliphatic hydroxyl groups excluding tert-OH is 1. The van der Waals surface area contributed by atoms with Gasteiger partial charge >= 0.3 is 39.5 Å². The minimum Gasteiger partial charge on any atom is -0.462 e. The molecule has 0 saturated carbocycles. The van der Waals surface area contributed by atoms with Crippen LogP contribution in [0.15, 0.2) is 0 Å². The van der Waals surface area contributed by atoms with Crippen molar-refractivity contribution >= 4 is 39.5 Å². The Morgan fingerprint density at radius 2 is 0.440 bits per heavy atom. The Morgan fingerprint density at radius 3 is 0.648 bits per heavy atom. The van der Waals surface area contributed by atoms with Crippen LogP contribution in [0.1, 0.15) is 381 Å². The molecular weight excluding hydrogens is 1200 g/mol. The molecule has 0 aromatic rings. The highest BCUT2D eigenvalue weighted by Crippen LogP contribution is 2.45. The number of phosphoric acid groups is 2. The zero-order valence-electron chi connectivity index (χ0n) is 58.8. The van der Waals surface area contributed by atoms with Crippen LogP contribution in [0, 0.1) is 0 Å². The molecule has 5 atom stereocenters. The van der Waals surface area contributed by atoms with Crippen LogP contribution in [0.5, 0.6) is 0 Å². The number of ether oxygens (including phenoxy) is 4. The summed E-state index contributed by atoms with van der Waals surface area (Å²) in [7, 11) is -9.90. The summed E-state index contributed by atoms with van der Waals surface area (Å²) in [6.07, 6.45) is 55.2. The molecule has 0 rings (SSSR count). The van der Waals surface area contributed by atoms with E-state index in [-0.39, 0.29) is 25.7 Å². The van der Waals surface area contributed by atoms with Crippen LogP contribution in [-0.2, 0) is 65.4 Å². The van der Waals surface area contributed by atoms with Gasteiger partial charge in [-0.1, -0.05) is 329 Å². The summed E-state index contributed by atoms with van der Waals surface area (Å²) in [4.78, 5) is 72.6. The van der Waals surface area contributed by atoms with Crippen molar-refractivity contribution < 1.29 is 80.2 Å². The predicted molar refractivity (Wildman–Crippen MR) is 368 cm³/mol. The van der Waals surface area contributed by atoms with Crippen molar-refractivity contribution in [2.24, 2.45) is 0 Å². The zero-order chi connectivity index (χ0) is 66.8. The SMILES string of the molecule is CCCCCCCCCCCCCCCCCC(=O)O[C@H](COC(=O)CCCCCCCCCCCCCCC)COP(=O)(O)OCC(O)COP(=O)(O)OC[C@@H](COC(=O)CCCCCCCCCCCCC)OC(=O)CCCCCCCCCCCCCC. The van der Waals surface area contributed by atoms with Gasteiger partial charge in [0, 0.05) is 25.7 Å². The smallest absolute Gasteiger partial charge is 0.462 e. The van der Waals surface area contributed by atoms with E-state index < -0.39 is 97.5 Å². The number of rotatable bonds is 73. The molecule has 3 unspecified atom stereocenters. The minimum atomic E-state index is -4.95. The quantitative estimate of drug-likeness (QED) is 0.0222. The third-order valence-corrected chi connectivity index (χ3v) is 18.8. The molecule has 0 radical (unpaired) electrons. The summed E-state index contributed by atoms with van der Waals surface area (Å²) in [6, 6.07) is 0. The second-order valence-corrected chi connectivity index (χ2v) is 28.9. The van der Waals surface area contributed by atoms with Gasteiger partial charge in [0.2, 0.25) is 0 Å². The molecular formula is C72H140O17P2. The van der Waals surface area contributed by atoms with Gasteiger partial charge in [-0.25, -0.2) is 9.13 Å². The van der Waals surface area contributed by atoms with Crippen LogP contribution in [0.2, 0.25) is 0 Å². The second-order valence-electron chi connectivity index (χ2n) is 26.0. The topological polar surface area (TPSA) is 237 Å². The van der Waals surface area contributed by atoms with E-state index in [0.29, 0.717) is 25.7 Å². The Kier molecular flexibility index (Phi) is 65.2. The van der Waals surface area contributed by atoms with Crippen LogP contribution in [-0.4, -0.2) is 96.7 Å². The number of carbonyl (C=O) groups is 4. The monoisotopic (exact) mass is 1340 g/mol. The molecule has 0 amide bonds. The first-order valence-electron chi connectivity index (χ1n) is 37.8. The van der Waals surface area contributed by atoms with Gasteiger partial charge in [-0.05, 0) is 25.7 Å². The van der Waals surface area contributed by atoms with Gasteiger partial charge in [-0.3, -0.25) is 37.3 Å². The van der Waals surface area contributed by atoms with E-state index in [1.54, 1.807) is 0 Å². The molecule has 0 aliphatic heterocycles. The van der Waals surface area contributed by atoms with E-state index in [9.17, 15) is 43.2 Å². The lowest BCUT2D eigenvalue weighted by atomic mass is 10.0. The Morgan fingerprint density at radius 1 is 0.264 bits per heavy atom. The van der Waals surface area contributed by atoms with Gasteiger partial charge in [0.1, 0.15) is 19.3 Å². The van der Waals surface area contributed by atoms with Gasteiger partial charge in [0.05, 0.1) is 26.4 Å². The fraction of sp³-hybridized carbons (Fsp3) is 0.944. The number of hydrogen-bond acceptors (Lipinski definition) is 15. The molecule has 0 saturated heterocycles. The Labute approximate surface area is 556 Å². The average molecular weight is 1340 g/mol. The van der Waals surface area contributed by atoms with Gasteiger partial charge < -0.3 is 33.8 Å². The zero-order valence-corrected chi connectivity index (χ0v) is 60.6. The fourth-order valence-electron chi connectivity index (χ4n) is 11.0. The maximum Gasteiger partial charge on any atom is 0.472 e. The molecule has 0 aromatic heterocycles. The highest BCUT2D eigenvalue weighted by atomic mass is 31.2. The maximum atomic E-state index is 13.0. The molecule has 0 bridgehead atoms. The number of phosphoric ester groups is 2. The highest BCUT2D eigenvalue weighted by Gasteiger charge is 2.30. The summed E-state index contributed by atoms with van der Waals surface area (Å²) in [6.45, 7) is 4.97. The number of esters is 4. The van der Waals surface area contributed by atoms with Crippen molar-refractivity contribution in [1.29, 1.82) is 0 Å². The number of hydrogen-bond donors (Lipinski definition) is 3. The standard InChI is InChI=1S/C72H140O17P2/c1-5-9-13-17-21-25-29-32-33-35-39-43-47-51-55-59-72(77)89-68(63-83-70(75)57-53-49-45-41-38-34-30-26-22-18-14-10-6-2)65-87-91(80,81)85-61-66(73)60-84-90(78,79)86-64-67(62-82-69(74)56-52-48-44-40-36-28-24-20-16-12-8-4)88-71(76)58-54-50-46-42-37-31-27-23-19-15-11-7-3/h66-68,73H,5-65H2,1-4H3,(H,78,79)(H,80,81)/t66?,67-,68-/m1/s1. The Hall–Kier alpha value is -1.94. The van der Waals surface area contributed by atoms with Crippen molar-refractivity contribution in [1.82, 2.24) is 0 Å². The predicted octanol–water partition coefficient (Wildman–Crippen LogP) is 21.1. The fourth-order valence-corrected chi connectivity index (χ4v) is 12.6. The van der Waals surface area contributed by atoms with Gasteiger partial charge in [0.15, 0.2) is 12.2 Å². The number of carbonyl (C=O) groups excluding carboxylic acids is 4. The Balaban J connectivity index is 5.25. The van der Waals surface area contributed by atoms with Crippen molar-refractivity contribution in [3.05, 3.63) is 0 Å². The van der Waals surface area contributed by atoms with Gasteiger partial charge in [0.25, 0.3) is 0 Å². The molecule has 0 heterocycles. The van der Waals surface area contributed by atoms with Crippen molar-refractivity contribution in [3.8, 4) is 0 Å². The molecule has 540 valence electrons. The largest absolute Gasteiger partial charge is 0.472 e. The summed E-state index contributed by atoms with van der Waals surface area (Å²) >= 11 is 0. The first-order valence-corrected chi connectivity index (χ1v) is 40.8. The normalized spacial score (nSPS) is 14.0. The van der Waals surface area contributed by atoms with E-state index >= 15 is 0 Å². The van der Waals surface area contributed by atoms with E-state index in [4.69, 9.17) is 37.0 Å². The van der Waals surface area contributed by atoms with Crippen molar-refractivity contribution in [3.63, 3.8) is 0 Å². The molecule has 0 aliphatic carbocycles. The lowest BCUT2D eigenvalue weighted by Gasteiger charge is -2.21.